The number of nitrogens with zero attached hydrogens (tertiary/aromatic N) is 1. The minimum Gasteiger partial charge on any atom is -0.491 e. The summed E-state index contributed by atoms with van der Waals surface area (Å²) in [4.78, 5) is 6.09. The van der Waals surface area contributed by atoms with Gasteiger partial charge in [-0.1, -0.05) is 13.8 Å². The predicted octanol–water partition coefficient (Wildman–Crippen LogP) is 4.22. The Balaban J connectivity index is 2.31. The van der Waals surface area contributed by atoms with Crippen LogP contribution in [-0.2, 0) is 6.42 Å². The van der Waals surface area contributed by atoms with Crippen LogP contribution in [0.1, 0.15) is 43.5 Å². The van der Waals surface area contributed by atoms with Crippen LogP contribution in [0.2, 0.25) is 0 Å². The van der Waals surface area contributed by atoms with Gasteiger partial charge in [0.1, 0.15) is 5.75 Å². The molecule has 2 rings (SSSR count). The first-order valence-electron chi connectivity index (χ1n) is 7.48. The average Bonchev–Trinajstić information content (AvgIpc) is 2.84. The highest BCUT2D eigenvalue weighted by atomic mass is 32.1. The van der Waals surface area contributed by atoms with Gasteiger partial charge in [-0.3, -0.25) is 0 Å². The van der Waals surface area contributed by atoms with Crippen molar-refractivity contribution in [3.05, 3.63) is 34.2 Å². The maximum absolute atomic E-state index is 5.73. The summed E-state index contributed by atoms with van der Waals surface area (Å²) in [5, 5.41) is 1.18. The molecular weight excluding hydrogens is 280 g/mol. The molecule has 0 amide bonds. The minimum atomic E-state index is 0.190. The molecule has 0 atom stereocenters. The van der Waals surface area contributed by atoms with Crippen molar-refractivity contribution in [2.45, 2.75) is 46.1 Å². The highest BCUT2D eigenvalue weighted by molar-refractivity contribution is 7.12. The molecule has 0 bridgehead atoms. The molecule has 0 fully saturated rings. The van der Waals surface area contributed by atoms with E-state index in [0.717, 1.165) is 23.4 Å². The zero-order valence-electron chi connectivity index (χ0n) is 13.2. The second kappa shape index (κ2) is 7.05. The monoisotopic (exact) mass is 304 g/mol. The van der Waals surface area contributed by atoms with Gasteiger partial charge in [-0.15, -0.1) is 11.3 Å². The number of ether oxygens (including phenoxy) is 1. The molecule has 0 unspecified atom stereocenters. The SMILES string of the molecule is CC(C)Oc1ccc(-c2nc(C(C)C)sc2CCN)cc1. The third kappa shape index (κ3) is 4.05. The number of hydrogen-bond donors (Lipinski definition) is 1. The molecule has 0 saturated heterocycles. The Morgan fingerprint density at radius 1 is 1.14 bits per heavy atom. The van der Waals surface area contributed by atoms with Crippen molar-refractivity contribution < 1.29 is 4.74 Å². The summed E-state index contributed by atoms with van der Waals surface area (Å²) in [5.74, 6) is 1.34. The van der Waals surface area contributed by atoms with Gasteiger partial charge in [0.25, 0.3) is 0 Å². The second-order valence-electron chi connectivity index (χ2n) is 5.71. The summed E-state index contributed by atoms with van der Waals surface area (Å²) in [6, 6.07) is 8.18. The highest BCUT2D eigenvalue weighted by Crippen LogP contribution is 2.32. The van der Waals surface area contributed by atoms with E-state index in [-0.39, 0.29) is 6.10 Å². The third-order valence-corrected chi connectivity index (χ3v) is 4.49. The quantitative estimate of drug-likeness (QED) is 0.869. The van der Waals surface area contributed by atoms with E-state index in [1.54, 1.807) is 11.3 Å². The number of hydrogen-bond acceptors (Lipinski definition) is 4. The fourth-order valence-corrected chi connectivity index (χ4v) is 3.21. The van der Waals surface area contributed by atoms with Gasteiger partial charge in [0.2, 0.25) is 0 Å². The molecule has 0 saturated carbocycles. The number of nitrogens with two attached hydrogens (primary N) is 1. The fourth-order valence-electron chi connectivity index (χ4n) is 2.11. The van der Waals surface area contributed by atoms with Crippen molar-refractivity contribution in [1.82, 2.24) is 4.98 Å². The van der Waals surface area contributed by atoms with Crippen LogP contribution in [0.4, 0.5) is 0 Å². The lowest BCUT2D eigenvalue weighted by Crippen LogP contribution is -2.05. The Kier molecular flexibility index (Phi) is 5.37. The summed E-state index contributed by atoms with van der Waals surface area (Å²) in [7, 11) is 0. The summed E-state index contributed by atoms with van der Waals surface area (Å²) < 4.78 is 5.69. The van der Waals surface area contributed by atoms with Crippen molar-refractivity contribution in [2.75, 3.05) is 6.54 Å². The first-order chi connectivity index (χ1) is 10.0. The zero-order valence-corrected chi connectivity index (χ0v) is 14.0. The van der Waals surface area contributed by atoms with Crippen LogP contribution in [0.25, 0.3) is 11.3 Å². The van der Waals surface area contributed by atoms with Gasteiger partial charge in [0, 0.05) is 16.4 Å². The van der Waals surface area contributed by atoms with Crippen molar-refractivity contribution in [3.8, 4) is 17.0 Å². The van der Waals surface area contributed by atoms with E-state index in [4.69, 9.17) is 15.5 Å². The molecule has 2 N–H and O–H groups in total. The van der Waals surface area contributed by atoms with E-state index in [1.165, 1.54) is 9.88 Å². The van der Waals surface area contributed by atoms with Crippen molar-refractivity contribution in [2.24, 2.45) is 5.73 Å². The normalized spacial score (nSPS) is 11.4. The molecule has 0 radical (unpaired) electrons. The van der Waals surface area contributed by atoms with E-state index < -0.39 is 0 Å². The van der Waals surface area contributed by atoms with E-state index in [9.17, 15) is 0 Å². The van der Waals surface area contributed by atoms with Crippen LogP contribution in [0, 0.1) is 0 Å². The largest absolute Gasteiger partial charge is 0.491 e. The molecule has 0 spiro atoms. The molecule has 0 aliphatic heterocycles. The van der Waals surface area contributed by atoms with Gasteiger partial charge in [0.15, 0.2) is 0 Å². The van der Waals surface area contributed by atoms with Crippen LogP contribution in [0.15, 0.2) is 24.3 Å². The smallest absolute Gasteiger partial charge is 0.119 e. The summed E-state index contributed by atoms with van der Waals surface area (Å²) in [5.41, 5.74) is 7.94. The maximum atomic E-state index is 5.73. The van der Waals surface area contributed by atoms with Gasteiger partial charge in [-0.2, -0.15) is 0 Å². The Morgan fingerprint density at radius 2 is 1.81 bits per heavy atom. The molecule has 114 valence electrons. The summed E-state index contributed by atoms with van der Waals surface area (Å²) in [6.45, 7) is 9.06. The van der Waals surface area contributed by atoms with Crippen LogP contribution >= 0.6 is 11.3 Å². The van der Waals surface area contributed by atoms with Crippen LogP contribution in [-0.4, -0.2) is 17.6 Å². The van der Waals surface area contributed by atoms with Gasteiger partial charge in [-0.25, -0.2) is 4.98 Å². The number of benzene rings is 1. The molecule has 4 heteroatoms. The van der Waals surface area contributed by atoms with Crippen LogP contribution in [0.5, 0.6) is 5.75 Å². The molecule has 3 nitrogen and oxygen atoms in total. The van der Waals surface area contributed by atoms with Crippen molar-refractivity contribution in [3.63, 3.8) is 0 Å². The topological polar surface area (TPSA) is 48.1 Å². The minimum absolute atomic E-state index is 0.190. The molecule has 0 aliphatic rings. The highest BCUT2D eigenvalue weighted by Gasteiger charge is 2.14. The Bertz CT molecular complexity index is 573. The Labute approximate surface area is 131 Å². The Morgan fingerprint density at radius 3 is 2.33 bits per heavy atom. The second-order valence-corrected chi connectivity index (χ2v) is 6.82. The lowest BCUT2D eigenvalue weighted by molar-refractivity contribution is 0.242. The summed E-state index contributed by atoms with van der Waals surface area (Å²) in [6.07, 6.45) is 1.07. The fraction of sp³-hybridized carbons (Fsp3) is 0.471. The van der Waals surface area contributed by atoms with Crippen molar-refractivity contribution >= 4 is 11.3 Å². The molecular formula is C17H24N2OS. The van der Waals surface area contributed by atoms with Gasteiger partial charge < -0.3 is 10.5 Å². The zero-order chi connectivity index (χ0) is 15.4. The number of aromatic nitrogens is 1. The van der Waals surface area contributed by atoms with E-state index in [2.05, 4.69) is 26.0 Å². The van der Waals surface area contributed by atoms with E-state index in [1.807, 2.05) is 26.0 Å². The summed E-state index contributed by atoms with van der Waals surface area (Å²) >= 11 is 1.78. The lowest BCUT2D eigenvalue weighted by Gasteiger charge is -2.10. The maximum Gasteiger partial charge on any atom is 0.119 e. The molecule has 1 aromatic heterocycles. The molecule has 21 heavy (non-hydrogen) atoms. The van der Waals surface area contributed by atoms with Crippen LogP contribution < -0.4 is 10.5 Å². The predicted molar refractivity (Wildman–Crippen MR) is 90.2 cm³/mol. The molecule has 0 aliphatic carbocycles. The number of thiazole rings is 1. The average molecular weight is 304 g/mol. The van der Waals surface area contributed by atoms with Gasteiger partial charge in [0.05, 0.1) is 16.8 Å². The third-order valence-electron chi connectivity index (χ3n) is 3.08. The van der Waals surface area contributed by atoms with Crippen molar-refractivity contribution in [1.29, 1.82) is 0 Å². The van der Waals surface area contributed by atoms with E-state index >= 15 is 0 Å². The van der Waals surface area contributed by atoms with Gasteiger partial charge >= 0.3 is 0 Å². The molecule has 2 aromatic rings. The lowest BCUT2D eigenvalue weighted by atomic mass is 10.1. The number of rotatable bonds is 6. The first kappa shape index (κ1) is 16.0. The molecule has 1 heterocycles. The van der Waals surface area contributed by atoms with E-state index in [0.29, 0.717) is 12.5 Å². The molecule has 1 aromatic carbocycles. The first-order valence-corrected chi connectivity index (χ1v) is 8.29. The van der Waals surface area contributed by atoms with Crippen LogP contribution in [0.3, 0.4) is 0 Å². The van der Waals surface area contributed by atoms with Gasteiger partial charge in [-0.05, 0) is 51.1 Å². The standard InChI is InChI=1S/C17H24N2OS/c1-11(2)17-19-16(15(21-17)9-10-18)13-5-7-14(8-6-13)20-12(3)4/h5-8,11-12H,9-10,18H2,1-4H3. The Hall–Kier alpha value is -1.39.